The van der Waals surface area contributed by atoms with Gasteiger partial charge < -0.3 is 16.2 Å². The van der Waals surface area contributed by atoms with Crippen LogP contribution in [0.1, 0.15) is 171 Å². The van der Waals surface area contributed by atoms with Gasteiger partial charge in [-0.1, -0.05) is 111 Å². The smallest absolute Gasteiger partial charge is 0.226 e. The fourth-order valence-corrected chi connectivity index (χ4v) is 13.9. The number of nitrogens with one attached hydrogen (secondary N) is 1. The summed E-state index contributed by atoms with van der Waals surface area (Å²) in [6, 6.07) is 11.1. The maximum Gasteiger partial charge on any atom is 0.226 e. The van der Waals surface area contributed by atoms with Gasteiger partial charge in [0.25, 0.3) is 0 Å². The van der Waals surface area contributed by atoms with Crippen LogP contribution >= 0.6 is 0 Å². The molecule has 0 aromatic heterocycles. The zero-order valence-electron chi connectivity index (χ0n) is 36.0. The summed E-state index contributed by atoms with van der Waals surface area (Å²) < 4.78 is 0. The zero-order valence-corrected chi connectivity index (χ0v) is 36.0. The van der Waals surface area contributed by atoms with Gasteiger partial charge in [0, 0.05) is 6.04 Å². The largest absolute Gasteiger partial charge is 0.393 e. The first-order chi connectivity index (χ1) is 25.3. The van der Waals surface area contributed by atoms with Crippen LogP contribution in [0.15, 0.2) is 43.0 Å². The van der Waals surface area contributed by atoms with Crippen LogP contribution in [0.4, 0.5) is 0 Å². The van der Waals surface area contributed by atoms with Crippen LogP contribution in [0, 0.1) is 63.1 Å². The van der Waals surface area contributed by atoms with Crippen molar-refractivity contribution in [1.82, 2.24) is 5.32 Å². The zero-order chi connectivity index (χ0) is 39.0. The van der Waals surface area contributed by atoms with Gasteiger partial charge in [-0.15, -0.1) is 6.58 Å². The number of amides is 1. The van der Waals surface area contributed by atoms with Crippen molar-refractivity contribution >= 4 is 5.91 Å². The van der Waals surface area contributed by atoms with Gasteiger partial charge in [-0.3, -0.25) is 4.79 Å². The van der Waals surface area contributed by atoms with Crippen molar-refractivity contribution in [2.24, 2.45) is 68.8 Å². The first-order valence-corrected chi connectivity index (χ1v) is 22.6. The molecule has 0 saturated heterocycles. The molecule has 1 aromatic rings. The van der Waals surface area contributed by atoms with Crippen LogP contribution in [0.5, 0.6) is 0 Å². The lowest BCUT2D eigenvalue weighted by Crippen LogP contribution is -2.63. The van der Waals surface area contributed by atoms with Crippen molar-refractivity contribution < 1.29 is 9.90 Å². The van der Waals surface area contributed by atoms with E-state index in [0.717, 1.165) is 62.3 Å². The Morgan fingerprint density at radius 3 is 2.15 bits per heavy atom. The second-order valence-corrected chi connectivity index (χ2v) is 19.4. The lowest BCUT2D eigenvalue weighted by Gasteiger charge is -2.69. The number of aliphatic hydroxyl groups excluding tert-OH is 1. The van der Waals surface area contributed by atoms with Crippen molar-refractivity contribution in [2.75, 3.05) is 6.54 Å². The SMILES string of the molecule is C=CC.CC.CC1(C)C(O)CCC2(C)C1CCC1(C)C3CCC4(C(=O)NC5CCC(CN)C5)CCCC4C3CCC12.CCC(CC)Cc1ccccc1. The standard InChI is InChI=1S/C32H54N2O2.C12H18.C3H6.C2H6/c1-29(2)25-12-15-30(3)23-11-17-32(28(36)34-21-8-7-20(18-21)19-33)14-5-6-24(32)22(23)9-10-26(30)31(25,4)16-13-27(29)35;1-3-11(4-2)10-12-8-6-5-7-9-12;1-3-2;1-2/h20-27,35H,5-19,33H2,1-4H3,(H,34,36);5-9,11H,3-4,10H2,1-2H3;3H,1H2,2H3;1-2H3. The molecule has 0 radical (unpaired) electrons. The Bertz CT molecular complexity index is 1270. The summed E-state index contributed by atoms with van der Waals surface area (Å²) in [7, 11) is 0. The molecule has 1 amide bonds. The van der Waals surface area contributed by atoms with Crippen LogP contribution in [-0.4, -0.2) is 29.7 Å². The number of allylic oxidation sites excluding steroid dienone is 1. The molecule has 4 heteroatoms. The van der Waals surface area contributed by atoms with E-state index in [1.165, 1.54) is 82.6 Å². The normalized spacial score (nSPS) is 39.2. The summed E-state index contributed by atoms with van der Waals surface area (Å²) in [6.45, 7) is 24.5. The predicted octanol–water partition coefficient (Wildman–Crippen LogP) is 11.9. The van der Waals surface area contributed by atoms with Crippen LogP contribution in [0.3, 0.4) is 0 Å². The third-order valence-electron chi connectivity index (χ3n) is 16.7. The van der Waals surface area contributed by atoms with Crippen molar-refractivity contribution in [1.29, 1.82) is 0 Å². The molecular weight excluding hydrogens is 649 g/mol. The molecule has 6 aliphatic rings. The molecule has 7 rings (SSSR count). The van der Waals surface area contributed by atoms with E-state index in [-0.39, 0.29) is 16.9 Å². The lowest BCUT2D eigenvalue weighted by atomic mass is 9.36. The summed E-state index contributed by atoms with van der Waals surface area (Å²) in [5.41, 5.74) is 8.10. The van der Waals surface area contributed by atoms with Gasteiger partial charge >= 0.3 is 0 Å². The highest BCUT2D eigenvalue weighted by atomic mass is 16.3. The molecule has 4 nitrogen and oxygen atoms in total. The highest BCUT2D eigenvalue weighted by molar-refractivity contribution is 5.84. The Kier molecular flexibility index (Phi) is 15.8. The molecule has 0 heterocycles. The first-order valence-electron chi connectivity index (χ1n) is 22.6. The van der Waals surface area contributed by atoms with E-state index in [0.29, 0.717) is 40.5 Å². The molecule has 11 unspecified atom stereocenters. The van der Waals surface area contributed by atoms with E-state index >= 15 is 0 Å². The number of carbonyl (C=O) groups excluding carboxylic acids is 1. The van der Waals surface area contributed by atoms with Gasteiger partial charge in [0.15, 0.2) is 0 Å². The fraction of sp³-hybridized carbons (Fsp3) is 0.816. The van der Waals surface area contributed by atoms with Crippen molar-refractivity contribution in [3.63, 3.8) is 0 Å². The summed E-state index contributed by atoms with van der Waals surface area (Å²) in [6.07, 6.45) is 22.2. The second kappa shape index (κ2) is 19.0. The monoisotopic (exact) mass is 733 g/mol. The number of hydrogen-bond acceptors (Lipinski definition) is 3. The average Bonchev–Trinajstić information content (AvgIpc) is 3.82. The van der Waals surface area contributed by atoms with Crippen LogP contribution < -0.4 is 11.1 Å². The number of aliphatic hydroxyl groups is 1. The molecule has 4 N–H and O–H groups in total. The molecule has 6 aliphatic carbocycles. The number of hydrogen-bond donors (Lipinski definition) is 3. The van der Waals surface area contributed by atoms with Gasteiger partial charge in [-0.25, -0.2) is 0 Å². The van der Waals surface area contributed by atoms with Crippen LogP contribution in [0.25, 0.3) is 0 Å². The number of nitrogens with two attached hydrogens (primary N) is 1. The third-order valence-corrected chi connectivity index (χ3v) is 16.7. The summed E-state index contributed by atoms with van der Waals surface area (Å²) in [5, 5.41) is 14.5. The minimum absolute atomic E-state index is 0.0274. The lowest BCUT2D eigenvalue weighted by molar-refractivity contribution is -0.214. The summed E-state index contributed by atoms with van der Waals surface area (Å²) >= 11 is 0. The molecule has 53 heavy (non-hydrogen) atoms. The molecule has 0 aliphatic heterocycles. The predicted molar refractivity (Wildman–Crippen MR) is 226 cm³/mol. The minimum atomic E-state index is -0.149. The quantitative estimate of drug-likeness (QED) is 0.244. The highest BCUT2D eigenvalue weighted by Crippen LogP contribution is 2.73. The molecule has 0 bridgehead atoms. The average molecular weight is 733 g/mol. The topological polar surface area (TPSA) is 75.3 Å². The van der Waals surface area contributed by atoms with Gasteiger partial charge in [0.1, 0.15) is 0 Å². The number of fused-ring (bicyclic) bond motifs is 7. The Morgan fingerprint density at radius 1 is 0.868 bits per heavy atom. The van der Waals surface area contributed by atoms with Crippen LogP contribution in [0.2, 0.25) is 0 Å². The number of rotatable bonds is 7. The molecule has 6 saturated carbocycles. The Balaban J connectivity index is 0.000000310. The molecule has 302 valence electrons. The Morgan fingerprint density at radius 2 is 1.53 bits per heavy atom. The molecule has 11 atom stereocenters. The van der Waals surface area contributed by atoms with Crippen LogP contribution in [-0.2, 0) is 11.2 Å². The third kappa shape index (κ3) is 8.85. The molecule has 1 aromatic carbocycles. The van der Waals surface area contributed by atoms with Crippen molar-refractivity contribution in [2.45, 2.75) is 184 Å². The highest BCUT2D eigenvalue weighted by Gasteiger charge is 2.67. The summed E-state index contributed by atoms with van der Waals surface area (Å²) in [5.74, 6) is 5.39. The van der Waals surface area contributed by atoms with E-state index in [1.807, 2.05) is 20.8 Å². The maximum absolute atomic E-state index is 14.0. The van der Waals surface area contributed by atoms with Gasteiger partial charge in [0.2, 0.25) is 5.91 Å². The van der Waals surface area contributed by atoms with Crippen molar-refractivity contribution in [3.8, 4) is 0 Å². The second-order valence-electron chi connectivity index (χ2n) is 19.4. The van der Waals surface area contributed by atoms with Gasteiger partial charge in [0.05, 0.1) is 11.5 Å². The van der Waals surface area contributed by atoms with E-state index in [9.17, 15) is 9.90 Å². The van der Waals surface area contributed by atoms with Crippen molar-refractivity contribution in [3.05, 3.63) is 48.6 Å². The van der Waals surface area contributed by atoms with Gasteiger partial charge in [-0.2, -0.15) is 0 Å². The molecular formula is C49H84N2O2. The first kappa shape index (κ1) is 44.1. The Labute approximate surface area is 327 Å². The number of carbonyl (C=O) groups is 1. The van der Waals surface area contributed by atoms with Gasteiger partial charge in [-0.05, 0) is 167 Å². The minimum Gasteiger partial charge on any atom is -0.393 e. The number of benzene rings is 1. The molecule has 6 fully saturated rings. The van der Waals surface area contributed by atoms with E-state index in [2.05, 4.69) is 83.8 Å². The van der Waals surface area contributed by atoms with E-state index in [1.54, 1.807) is 6.08 Å². The Hall–Kier alpha value is -1.65. The maximum atomic E-state index is 14.0. The fourth-order valence-electron chi connectivity index (χ4n) is 13.9. The molecule has 0 spiro atoms. The van der Waals surface area contributed by atoms with E-state index < -0.39 is 0 Å². The van der Waals surface area contributed by atoms with E-state index in [4.69, 9.17) is 5.73 Å². The summed E-state index contributed by atoms with van der Waals surface area (Å²) in [4.78, 5) is 14.0.